The van der Waals surface area contributed by atoms with E-state index < -0.39 is 18.4 Å². The molecule has 1 aliphatic carbocycles. The summed E-state index contributed by atoms with van der Waals surface area (Å²) in [6.07, 6.45) is -4.18. The molecule has 0 spiro atoms. The number of aromatic nitrogens is 2. The van der Waals surface area contributed by atoms with E-state index in [0.29, 0.717) is 29.7 Å². The highest BCUT2D eigenvalue weighted by molar-refractivity contribution is 7.19. The van der Waals surface area contributed by atoms with Gasteiger partial charge in [0, 0.05) is 24.4 Å². The third-order valence-electron chi connectivity index (χ3n) is 5.55. The van der Waals surface area contributed by atoms with Crippen LogP contribution in [-0.4, -0.2) is 47.3 Å². The van der Waals surface area contributed by atoms with Crippen molar-refractivity contribution in [2.75, 3.05) is 18.0 Å². The molecule has 1 N–H and O–H groups in total. The van der Waals surface area contributed by atoms with Crippen LogP contribution in [0.5, 0.6) is 0 Å². The fourth-order valence-corrected chi connectivity index (χ4v) is 5.00. The average molecular weight is 469 g/mol. The number of alkyl halides is 3. The smallest absolute Gasteiger partial charge is 0.362 e. The second kappa shape index (κ2) is 8.97. The van der Waals surface area contributed by atoms with E-state index in [2.05, 4.69) is 15.3 Å². The van der Waals surface area contributed by atoms with Gasteiger partial charge in [-0.1, -0.05) is 11.3 Å². The van der Waals surface area contributed by atoms with E-state index in [-0.39, 0.29) is 19.0 Å². The molecule has 1 saturated carbocycles. The van der Waals surface area contributed by atoms with Gasteiger partial charge in [0.25, 0.3) is 0 Å². The molecule has 1 amide bonds. The Morgan fingerprint density at radius 2 is 1.91 bits per heavy atom. The number of carbonyl (C=O) groups excluding carboxylic acids is 1. The summed E-state index contributed by atoms with van der Waals surface area (Å²) in [6, 6.07) is 3.86. The third-order valence-corrected chi connectivity index (χ3v) is 6.76. The Balaban J connectivity index is 1.62. The minimum Gasteiger partial charge on any atom is -0.362 e. The molecule has 6 nitrogen and oxygen atoms in total. The quantitative estimate of drug-likeness (QED) is 0.681. The highest BCUT2D eigenvalue weighted by atomic mass is 32.1. The van der Waals surface area contributed by atoms with Crippen molar-refractivity contribution >= 4 is 22.4 Å². The maximum Gasteiger partial charge on any atom is 0.416 e. The molecular weight excluding hydrogens is 441 g/mol. The topological polar surface area (TPSA) is 67.3 Å². The number of morpholine rings is 1. The van der Waals surface area contributed by atoms with Gasteiger partial charge in [-0.3, -0.25) is 9.78 Å². The number of thiazole rings is 1. The minimum atomic E-state index is -4.44. The maximum absolute atomic E-state index is 13.3. The van der Waals surface area contributed by atoms with Gasteiger partial charge < -0.3 is 15.0 Å². The lowest BCUT2D eigenvalue weighted by atomic mass is 10.1. The number of aryl methyl sites for hydroxylation is 2. The highest BCUT2D eigenvalue weighted by Gasteiger charge is 2.45. The van der Waals surface area contributed by atoms with Crippen LogP contribution in [0.25, 0.3) is 10.4 Å². The van der Waals surface area contributed by atoms with Crippen LogP contribution in [0.1, 0.15) is 43.3 Å². The van der Waals surface area contributed by atoms with Crippen molar-refractivity contribution in [3.05, 3.63) is 29.2 Å². The number of pyridine rings is 1. The molecule has 2 fully saturated rings. The van der Waals surface area contributed by atoms with Crippen LogP contribution in [0.4, 0.5) is 18.3 Å². The molecule has 2 aromatic heterocycles. The first kappa shape index (κ1) is 23.0. The first-order chi connectivity index (χ1) is 15.1. The Kier molecular flexibility index (Phi) is 6.44. The van der Waals surface area contributed by atoms with Crippen LogP contribution >= 0.6 is 11.3 Å². The molecule has 2 aliphatic rings. The molecule has 2 atom stereocenters. The van der Waals surface area contributed by atoms with Gasteiger partial charge in [-0.2, -0.15) is 13.2 Å². The lowest BCUT2D eigenvalue weighted by Gasteiger charge is -2.37. The Bertz CT molecular complexity index is 970. The van der Waals surface area contributed by atoms with Gasteiger partial charge in [-0.15, -0.1) is 0 Å². The zero-order valence-corrected chi connectivity index (χ0v) is 19.1. The van der Waals surface area contributed by atoms with Crippen LogP contribution in [0.2, 0.25) is 0 Å². The zero-order valence-electron chi connectivity index (χ0n) is 18.3. The number of hydrogen-bond donors (Lipinski definition) is 1. The van der Waals surface area contributed by atoms with Crippen LogP contribution in [0.3, 0.4) is 0 Å². The number of nitrogens with one attached hydrogen (secondary N) is 1. The van der Waals surface area contributed by atoms with E-state index in [9.17, 15) is 18.0 Å². The van der Waals surface area contributed by atoms with Crippen molar-refractivity contribution in [3.63, 3.8) is 0 Å². The number of nitrogens with zero attached hydrogens (tertiary/aromatic N) is 3. The molecule has 0 radical (unpaired) electrons. The Labute approximate surface area is 189 Å². The Hall–Kier alpha value is -2.20. The van der Waals surface area contributed by atoms with E-state index in [0.717, 1.165) is 34.7 Å². The standard InChI is InChI=1S/C22H27F3N4O2S/c1-12-6-16(7-13(2)27-12)20-17(9-26-19(30)8-15-4-5-15)28-21(32-20)29-10-14(3)31-18(11-29)22(23,24)25/h6-7,14-15,18H,4-5,8-11H2,1-3H3,(H,26,30)/t14-,18-/m0/s1. The fraction of sp³-hybridized carbons (Fsp3) is 0.591. The molecule has 32 heavy (non-hydrogen) atoms. The molecule has 4 rings (SSSR count). The van der Waals surface area contributed by atoms with Gasteiger partial charge in [0.2, 0.25) is 5.91 Å². The summed E-state index contributed by atoms with van der Waals surface area (Å²) in [5, 5.41) is 3.44. The van der Waals surface area contributed by atoms with E-state index >= 15 is 0 Å². The second-order valence-corrected chi connectivity index (χ2v) is 9.69. The van der Waals surface area contributed by atoms with Crippen LogP contribution in [0.15, 0.2) is 12.1 Å². The largest absolute Gasteiger partial charge is 0.416 e. The zero-order chi connectivity index (χ0) is 23.0. The molecule has 10 heteroatoms. The summed E-state index contributed by atoms with van der Waals surface area (Å²) in [5.41, 5.74) is 3.24. The van der Waals surface area contributed by atoms with Gasteiger partial charge >= 0.3 is 6.18 Å². The second-order valence-electron chi connectivity index (χ2n) is 8.72. The molecule has 2 aromatic rings. The summed E-state index contributed by atoms with van der Waals surface area (Å²) < 4.78 is 45.1. The van der Waals surface area contributed by atoms with Crippen molar-refractivity contribution in [1.82, 2.24) is 15.3 Å². The summed E-state index contributed by atoms with van der Waals surface area (Å²) in [4.78, 5) is 23.8. The molecule has 174 valence electrons. The Morgan fingerprint density at radius 1 is 1.22 bits per heavy atom. The van der Waals surface area contributed by atoms with Crippen molar-refractivity contribution in [1.29, 1.82) is 0 Å². The van der Waals surface area contributed by atoms with Crippen LogP contribution < -0.4 is 10.2 Å². The maximum atomic E-state index is 13.3. The van der Waals surface area contributed by atoms with Crippen LogP contribution in [-0.2, 0) is 16.1 Å². The number of halogens is 3. The molecule has 0 bridgehead atoms. The lowest BCUT2D eigenvalue weighted by Crippen LogP contribution is -2.52. The number of ether oxygens (including phenoxy) is 1. The minimum absolute atomic E-state index is 0.0211. The summed E-state index contributed by atoms with van der Waals surface area (Å²) in [5.74, 6) is 0.451. The molecule has 1 saturated heterocycles. The van der Waals surface area contributed by atoms with Gasteiger partial charge in [0.15, 0.2) is 11.2 Å². The predicted octanol–water partition coefficient (Wildman–Crippen LogP) is 4.39. The highest BCUT2D eigenvalue weighted by Crippen LogP contribution is 2.38. The van der Waals surface area contributed by atoms with Gasteiger partial charge in [0.05, 0.1) is 29.8 Å². The van der Waals surface area contributed by atoms with Crippen molar-refractivity contribution in [3.8, 4) is 10.4 Å². The third kappa shape index (κ3) is 5.58. The first-order valence-corrected chi connectivity index (χ1v) is 11.6. The van der Waals surface area contributed by atoms with Crippen LogP contribution in [0, 0.1) is 19.8 Å². The van der Waals surface area contributed by atoms with E-state index in [1.54, 1.807) is 11.8 Å². The predicted molar refractivity (Wildman–Crippen MR) is 117 cm³/mol. The van der Waals surface area contributed by atoms with Gasteiger partial charge in [-0.05, 0) is 57.2 Å². The molecule has 0 unspecified atom stereocenters. The molecule has 1 aliphatic heterocycles. The summed E-state index contributed by atoms with van der Waals surface area (Å²) >= 11 is 1.34. The van der Waals surface area contributed by atoms with Gasteiger partial charge in [0.1, 0.15) is 0 Å². The molecule has 3 heterocycles. The van der Waals surface area contributed by atoms with E-state index in [4.69, 9.17) is 4.74 Å². The number of anilines is 1. The Morgan fingerprint density at radius 3 is 2.53 bits per heavy atom. The summed E-state index contributed by atoms with van der Waals surface area (Å²) in [6.45, 7) is 5.68. The van der Waals surface area contributed by atoms with E-state index in [1.165, 1.54) is 11.3 Å². The van der Waals surface area contributed by atoms with Crippen molar-refractivity contribution < 1.29 is 22.7 Å². The molecule has 0 aromatic carbocycles. The van der Waals surface area contributed by atoms with Gasteiger partial charge in [-0.25, -0.2) is 4.98 Å². The average Bonchev–Trinajstić information content (AvgIpc) is 3.39. The van der Waals surface area contributed by atoms with Crippen molar-refractivity contribution in [2.24, 2.45) is 5.92 Å². The SMILES string of the molecule is Cc1cc(-c2sc(N3C[C@@H](C(F)(F)F)O[C@@H](C)C3)nc2CNC(=O)CC2CC2)cc(C)n1. The first-order valence-electron chi connectivity index (χ1n) is 10.8. The summed E-state index contributed by atoms with van der Waals surface area (Å²) in [7, 11) is 0. The monoisotopic (exact) mass is 468 g/mol. The van der Waals surface area contributed by atoms with E-state index in [1.807, 2.05) is 26.0 Å². The number of rotatable bonds is 6. The normalized spacial score (nSPS) is 21.6. The number of amides is 1. The fourth-order valence-electron chi connectivity index (χ4n) is 3.91. The molecular formula is C22H27F3N4O2S. The lowest BCUT2D eigenvalue weighted by molar-refractivity contribution is -0.233. The van der Waals surface area contributed by atoms with Crippen molar-refractivity contribution in [2.45, 2.75) is 65.0 Å². The number of hydrogen-bond acceptors (Lipinski definition) is 6. The number of carbonyl (C=O) groups is 1.